The van der Waals surface area contributed by atoms with Crippen molar-refractivity contribution in [2.24, 2.45) is 0 Å². The van der Waals surface area contributed by atoms with Crippen LogP contribution in [0.15, 0.2) is 35.8 Å². The second-order valence-electron chi connectivity index (χ2n) is 4.88. The Balaban J connectivity index is 1.62. The molecule has 3 aromatic rings. The fourth-order valence-electron chi connectivity index (χ4n) is 2.01. The molecule has 1 amide bonds. The molecule has 0 bridgehead atoms. The van der Waals surface area contributed by atoms with Gasteiger partial charge in [-0.15, -0.1) is 11.3 Å². The number of thiazole rings is 1. The maximum atomic E-state index is 13.5. The fourth-order valence-corrected chi connectivity index (χ4v) is 2.72. The SMILES string of the molecule is O=C(COC(=O)c1ccc2ncsc2c1)Nc1ccc(F)c(F)c1F. The first-order valence-corrected chi connectivity index (χ1v) is 7.77. The molecule has 0 aliphatic carbocycles. The van der Waals surface area contributed by atoms with Crippen LogP contribution in [-0.4, -0.2) is 23.5 Å². The summed E-state index contributed by atoms with van der Waals surface area (Å²) in [6.45, 7) is -0.710. The van der Waals surface area contributed by atoms with E-state index < -0.39 is 41.6 Å². The minimum absolute atomic E-state index is 0.226. The molecule has 5 nitrogen and oxygen atoms in total. The van der Waals surface area contributed by atoms with E-state index in [-0.39, 0.29) is 5.56 Å². The molecule has 0 aliphatic rings. The summed E-state index contributed by atoms with van der Waals surface area (Å²) in [6, 6.07) is 6.24. The van der Waals surface area contributed by atoms with Crippen LogP contribution in [0.5, 0.6) is 0 Å². The number of carbonyl (C=O) groups is 2. The predicted molar refractivity (Wildman–Crippen MR) is 84.8 cm³/mol. The normalized spacial score (nSPS) is 10.7. The van der Waals surface area contributed by atoms with Gasteiger partial charge in [0.15, 0.2) is 24.1 Å². The lowest BCUT2D eigenvalue weighted by Gasteiger charge is -2.08. The number of hydrogen-bond acceptors (Lipinski definition) is 5. The summed E-state index contributed by atoms with van der Waals surface area (Å²) < 4.78 is 45.0. The lowest BCUT2D eigenvalue weighted by atomic mass is 10.2. The number of hydrogen-bond donors (Lipinski definition) is 1. The molecule has 9 heteroatoms. The quantitative estimate of drug-likeness (QED) is 0.567. The van der Waals surface area contributed by atoms with E-state index >= 15 is 0 Å². The standard InChI is InChI=1S/C16H9F3N2O3S/c17-9-2-4-11(15(19)14(9)18)21-13(22)6-24-16(23)8-1-3-10-12(5-8)25-7-20-10/h1-5,7H,6H2,(H,21,22). The molecular weight excluding hydrogens is 357 g/mol. The Morgan fingerprint density at radius 3 is 2.72 bits per heavy atom. The van der Waals surface area contributed by atoms with Gasteiger partial charge in [-0.25, -0.2) is 22.9 Å². The van der Waals surface area contributed by atoms with E-state index in [1.165, 1.54) is 17.4 Å². The highest BCUT2D eigenvalue weighted by Crippen LogP contribution is 2.20. The Labute approximate surface area is 143 Å². The maximum Gasteiger partial charge on any atom is 0.338 e. The van der Waals surface area contributed by atoms with Crippen LogP contribution in [0.4, 0.5) is 18.9 Å². The van der Waals surface area contributed by atoms with Crippen molar-refractivity contribution >= 4 is 39.1 Å². The van der Waals surface area contributed by atoms with Crippen LogP contribution < -0.4 is 5.32 Å². The minimum atomic E-state index is -1.70. The molecule has 1 heterocycles. The number of halogens is 3. The van der Waals surface area contributed by atoms with Crippen LogP contribution in [-0.2, 0) is 9.53 Å². The van der Waals surface area contributed by atoms with E-state index in [9.17, 15) is 22.8 Å². The summed E-state index contributed by atoms with van der Waals surface area (Å²) in [6.07, 6.45) is 0. The van der Waals surface area contributed by atoms with E-state index in [4.69, 9.17) is 4.74 Å². The largest absolute Gasteiger partial charge is 0.452 e. The first-order chi connectivity index (χ1) is 12.0. The number of nitrogens with one attached hydrogen (secondary N) is 1. The summed E-state index contributed by atoms with van der Waals surface area (Å²) in [5.74, 6) is -6.25. The van der Waals surface area contributed by atoms with E-state index in [0.717, 1.165) is 16.3 Å². The van der Waals surface area contributed by atoms with Crippen molar-refractivity contribution in [2.45, 2.75) is 0 Å². The van der Waals surface area contributed by atoms with Gasteiger partial charge < -0.3 is 10.1 Å². The van der Waals surface area contributed by atoms with E-state index in [1.54, 1.807) is 17.6 Å². The van der Waals surface area contributed by atoms with Crippen LogP contribution in [0.1, 0.15) is 10.4 Å². The molecule has 0 spiro atoms. The number of nitrogens with zero attached hydrogens (tertiary/aromatic N) is 1. The molecule has 25 heavy (non-hydrogen) atoms. The number of fused-ring (bicyclic) bond motifs is 1. The number of benzene rings is 2. The van der Waals surface area contributed by atoms with Crippen LogP contribution >= 0.6 is 11.3 Å². The van der Waals surface area contributed by atoms with Gasteiger partial charge in [0.2, 0.25) is 0 Å². The summed E-state index contributed by atoms with van der Waals surface area (Å²) >= 11 is 1.34. The van der Waals surface area contributed by atoms with Crippen molar-refractivity contribution in [1.82, 2.24) is 4.98 Å². The molecule has 0 radical (unpaired) electrons. The lowest BCUT2D eigenvalue weighted by molar-refractivity contribution is -0.119. The smallest absolute Gasteiger partial charge is 0.338 e. The van der Waals surface area contributed by atoms with Gasteiger partial charge in [-0.2, -0.15) is 0 Å². The molecule has 0 unspecified atom stereocenters. The first kappa shape index (κ1) is 16.9. The highest BCUT2D eigenvalue weighted by atomic mass is 32.1. The highest BCUT2D eigenvalue weighted by molar-refractivity contribution is 7.16. The molecule has 1 N–H and O–H groups in total. The molecule has 3 rings (SSSR count). The van der Waals surface area contributed by atoms with Gasteiger partial charge in [-0.05, 0) is 30.3 Å². The van der Waals surface area contributed by atoms with Crippen LogP contribution in [0, 0.1) is 17.5 Å². The van der Waals surface area contributed by atoms with Gasteiger partial charge in [0, 0.05) is 0 Å². The number of aromatic nitrogens is 1. The summed E-state index contributed by atoms with van der Waals surface area (Å²) in [4.78, 5) is 27.7. The molecule has 128 valence electrons. The van der Waals surface area contributed by atoms with Crippen LogP contribution in [0.3, 0.4) is 0 Å². The van der Waals surface area contributed by atoms with Crippen LogP contribution in [0.2, 0.25) is 0 Å². The number of anilines is 1. The number of carbonyl (C=O) groups excluding carboxylic acids is 2. The number of amides is 1. The zero-order valence-corrected chi connectivity index (χ0v) is 13.2. The van der Waals surface area contributed by atoms with Crippen molar-refractivity contribution in [1.29, 1.82) is 0 Å². The van der Waals surface area contributed by atoms with Crippen LogP contribution in [0.25, 0.3) is 10.2 Å². The molecule has 0 saturated heterocycles. The number of esters is 1. The van der Waals surface area contributed by atoms with Crippen molar-refractivity contribution in [3.8, 4) is 0 Å². The highest BCUT2D eigenvalue weighted by Gasteiger charge is 2.16. The monoisotopic (exact) mass is 366 g/mol. The molecule has 0 saturated carbocycles. The summed E-state index contributed by atoms with van der Waals surface area (Å²) in [5.41, 5.74) is 2.03. The Hall–Kier alpha value is -2.94. The molecule has 1 aromatic heterocycles. The second-order valence-corrected chi connectivity index (χ2v) is 5.77. The van der Waals surface area contributed by atoms with Crippen molar-refractivity contribution < 1.29 is 27.5 Å². The zero-order valence-electron chi connectivity index (χ0n) is 12.4. The van der Waals surface area contributed by atoms with Crippen molar-refractivity contribution in [3.63, 3.8) is 0 Å². The van der Waals surface area contributed by atoms with Gasteiger partial charge in [-0.3, -0.25) is 4.79 Å². The topological polar surface area (TPSA) is 68.3 Å². The lowest BCUT2D eigenvalue weighted by Crippen LogP contribution is -2.21. The Kier molecular flexibility index (Phi) is 4.66. The van der Waals surface area contributed by atoms with Gasteiger partial charge in [0.05, 0.1) is 27.0 Å². The van der Waals surface area contributed by atoms with Gasteiger partial charge in [0.25, 0.3) is 5.91 Å². The summed E-state index contributed by atoms with van der Waals surface area (Å²) in [7, 11) is 0. The minimum Gasteiger partial charge on any atom is -0.452 e. The molecule has 0 aliphatic heterocycles. The molecule has 0 fully saturated rings. The zero-order chi connectivity index (χ0) is 18.0. The molecule has 0 atom stereocenters. The molecule has 2 aromatic carbocycles. The van der Waals surface area contributed by atoms with E-state index in [0.29, 0.717) is 6.07 Å². The number of ether oxygens (including phenoxy) is 1. The third-order valence-corrected chi connectivity index (χ3v) is 4.00. The average Bonchev–Trinajstić information content (AvgIpc) is 3.08. The molecular formula is C16H9F3N2O3S. The van der Waals surface area contributed by atoms with Gasteiger partial charge in [-0.1, -0.05) is 0 Å². The first-order valence-electron chi connectivity index (χ1n) is 6.89. The Morgan fingerprint density at radius 2 is 1.92 bits per heavy atom. The van der Waals surface area contributed by atoms with Gasteiger partial charge >= 0.3 is 5.97 Å². The Bertz CT molecular complexity index is 974. The predicted octanol–water partition coefficient (Wildman–Crippen LogP) is 3.51. The van der Waals surface area contributed by atoms with E-state index in [1.807, 2.05) is 5.32 Å². The van der Waals surface area contributed by atoms with Gasteiger partial charge in [0.1, 0.15) is 0 Å². The van der Waals surface area contributed by atoms with Crippen molar-refractivity contribution in [2.75, 3.05) is 11.9 Å². The fraction of sp³-hybridized carbons (Fsp3) is 0.0625. The van der Waals surface area contributed by atoms with E-state index in [2.05, 4.69) is 4.98 Å². The third-order valence-electron chi connectivity index (χ3n) is 3.21. The third kappa shape index (κ3) is 3.61. The van der Waals surface area contributed by atoms with Crippen molar-refractivity contribution in [3.05, 3.63) is 58.9 Å². The summed E-state index contributed by atoms with van der Waals surface area (Å²) in [5, 5.41) is 2.00. The maximum absolute atomic E-state index is 13.5. The second kappa shape index (κ2) is 6.89. The number of rotatable bonds is 4. The Morgan fingerprint density at radius 1 is 1.12 bits per heavy atom. The average molecular weight is 366 g/mol.